The van der Waals surface area contributed by atoms with Crippen molar-refractivity contribution in [2.45, 2.75) is 12.8 Å². The zero-order valence-electron chi connectivity index (χ0n) is 12.0. The Morgan fingerprint density at radius 1 is 1.48 bits per heavy atom. The largest absolute Gasteiger partial charge is 0.481 e. The van der Waals surface area contributed by atoms with Gasteiger partial charge in [-0.15, -0.1) is 0 Å². The third-order valence-corrected chi connectivity index (χ3v) is 4.26. The number of hydrogen-bond donors (Lipinski definition) is 2. The first-order valence-corrected chi connectivity index (χ1v) is 7.97. The number of carboxylic acids is 1. The van der Waals surface area contributed by atoms with E-state index in [1.54, 1.807) is 18.2 Å². The van der Waals surface area contributed by atoms with Crippen molar-refractivity contribution in [2.24, 2.45) is 0 Å². The number of aliphatic carboxylic acids is 1. The third kappa shape index (κ3) is 4.93. The van der Waals surface area contributed by atoms with Gasteiger partial charge in [0.25, 0.3) is 5.91 Å². The lowest BCUT2D eigenvalue weighted by Gasteiger charge is -2.13. The second kappa shape index (κ2) is 7.93. The Balaban J connectivity index is 1.88. The Bertz CT molecular complexity index is 654. The number of carbonyl (C=O) groups excluding carboxylic acids is 2. The molecule has 0 unspecified atom stereocenters. The van der Waals surface area contributed by atoms with Crippen molar-refractivity contribution in [3.05, 3.63) is 29.1 Å². The van der Waals surface area contributed by atoms with Gasteiger partial charge in [0.2, 0.25) is 5.91 Å². The summed E-state index contributed by atoms with van der Waals surface area (Å²) in [5.74, 6) is -1.12. The maximum absolute atomic E-state index is 12.2. The van der Waals surface area contributed by atoms with E-state index in [0.29, 0.717) is 21.4 Å². The van der Waals surface area contributed by atoms with E-state index in [-0.39, 0.29) is 31.3 Å². The number of thiocarbonyl (C=S) groups is 1. The summed E-state index contributed by atoms with van der Waals surface area (Å²) >= 11 is 6.22. The summed E-state index contributed by atoms with van der Waals surface area (Å²) in [6, 6.07) is 3.42. The molecule has 9 heteroatoms. The van der Waals surface area contributed by atoms with Crippen LogP contribution >= 0.6 is 24.0 Å². The molecule has 122 valence electrons. The molecule has 1 aliphatic heterocycles. The van der Waals surface area contributed by atoms with E-state index in [4.69, 9.17) is 21.7 Å². The van der Waals surface area contributed by atoms with Crippen LogP contribution in [0.2, 0.25) is 0 Å². The number of nitrogens with one attached hydrogen (secondary N) is 1. The Hall–Kier alpha value is -2.13. The monoisotopic (exact) mass is 354 g/mol. The highest BCUT2D eigenvalue weighted by atomic mass is 32.2. The van der Waals surface area contributed by atoms with Gasteiger partial charge in [0.15, 0.2) is 0 Å². The topological polar surface area (TPSA) is 99.9 Å². The SMILES string of the molecule is O=C(O)CCCNC(=O)CN1C(=O)/C(=C/c2ccco2)SC1=S. The van der Waals surface area contributed by atoms with E-state index in [1.807, 2.05) is 0 Å². The molecule has 0 aliphatic carbocycles. The smallest absolute Gasteiger partial charge is 0.303 e. The van der Waals surface area contributed by atoms with Crippen LogP contribution in [0.3, 0.4) is 0 Å². The highest BCUT2D eigenvalue weighted by Gasteiger charge is 2.33. The summed E-state index contributed by atoms with van der Waals surface area (Å²) in [5.41, 5.74) is 0. The minimum atomic E-state index is -0.917. The van der Waals surface area contributed by atoms with Crippen molar-refractivity contribution in [2.75, 3.05) is 13.1 Å². The van der Waals surface area contributed by atoms with Crippen molar-refractivity contribution in [1.29, 1.82) is 0 Å². The highest BCUT2D eigenvalue weighted by molar-refractivity contribution is 8.26. The van der Waals surface area contributed by atoms with Crippen LogP contribution in [0.15, 0.2) is 27.7 Å². The van der Waals surface area contributed by atoms with Crippen molar-refractivity contribution in [3.63, 3.8) is 0 Å². The van der Waals surface area contributed by atoms with Crippen LogP contribution in [0.5, 0.6) is 0 Å². The van der Waals surface area contributed by atoms with Gasteiger partial charge in [-0.05, 0) is 18.6 Å². The van der Waals surface area contributed by atoms with Gasteiger partial charge >= 0.3 is 5.97 Å². The summed E-state index contributed by atoms with van der Waals surface area (Å²) in [7, 11) is 0. The summed E-state index contributed by atoms with van der Waals surface area (Å²) < 4.78 is 5.45. The first-order chi connectivity index (χ1) is 11.0. The number of hydrogen-bond acceptors (Lipinski definition) is 6. The first-order valence-electron chi connectivity index (χ1n) is 6.74. The molecule has 0 spiro atoms. The average Bonchev–Trinajstić information content (AvgIpc) is 3.08. The Morgan fingerprint density at radius 2 is 2.26 bits per heavy atom. The molecule has 0 radical (unpaired) electrons. The number of carbonyl (C=O) groups is 3. The standard InChI is InChI=1S/C14H14N2O5S2/c17-11(15-5-1-4-12(18)19)8-16-13(20)10(23-14(16)22)7-9-3-2-6-21-9/h2-3,6-7H,1,4-5,8H2,(H,15,17)(H,18,19)/b10-7-. The normalized spacial score (nSPS) is 16.2. The number of carboxylic acid groups (broad SMARTS) is 1. The van der Waals surface area contributed by atoms with Crippen LogP contribution in [-0.2, 0) is 14.4 Å². The van der Waals surface area contributed by atoms with Gasteiger partial charge in [-0.3, -0.25) is 19.3 Å². The van der Waals surface area contributed by atoms with Gasteiger partial charge in [0.05, 0.1) is 11.2 Å². The molecule has 7 nitrogen and oxygen atoms in total. The van der Waals surface area contributed by atoms with Crippen LogP contribution in [-0.4, -0.2) is 45.2 Å². The van der Waals surface area contributed by atoms with Gasteiger partial charge in [-0.1, -0.05) is 24.0 Å². The van der Waals surface area contributed by atoms with Crippen molar-refractivity contribution >= 4 is 52.2 Å². The first kappa shape index (κ1) is 17.2. The van der Waals surface area contributed by atoms with E-state index in [0.717, 1.165) is 11.8 Å². The van der Waals surface area contributed by atoms with Crippen molar-refractivity contribution < 1.29 is 23.9 Å². The van der Waals surface area contributed by atoms with Crippen LogP contribution in [0.4, 0.5) is 0 Å². The average molecular weight is 354 g/mol. The molecule has 1 fully saturated rings. The fourth-order valence-corrected chi connectivity index (χ4v) is 3.04. The van der Waals surface area contributed by atoms with E-state index in [2.05, 4.69) is 5.32 Å². The van der Waals surface area contributed by atoms with Crippen LogP contribution < -0.4 is 5.32 Å². The van der Waals surface area contributed by atoms with Crippen molar-refractivity contribution in [3.8, 4) is 0 Å². The predicted octanol–water partition coefficient (Wildman–Crippen LogP) is 1.46. The van der Waals surface area contributed by atoms with Gasteiger partial charge in [0.1, 0.15) is 16.6 Å². The van der Waals surface area contributed by atoms with Crippen LogP contribution in [0.1, 0.15) is 18.6 Å². The summed E-state index contributed by atoms with van der Waals surface area (Å²) in [4.78, 5) is 36.0. The quantitative estimate of drug-likeness (QED) is 0.434. The summed E-state index contributed by atoms with van der Waals surface area (Å²) in [5, 5.41) is 11.1. The lowest BCUT2D eigenvalue weighted by molar-refractivity contribution is -0.137. The lowest BCUT2D eigenvalue weighted by atomic mass is 10.3. The minimum Gasteiger partial charge on any atom is -0.481 e. The van der Waals surface area contributed by atoms with E-state index in [9.17, 15) is 14.4 Å². The molecule has 0 aromatic carbocycles. The highest BCUT2D eigenvalue weighted by Crippen LogP contribution is 2.32. The summed E-state index contributed by atoms with van der Waals surface area (Å²) in [6.45, 7) is 0.0510. The van der Waals surface area contributed by atoms with E-state index >= 15 is 0 Å². The minimum absolute atomic E-state index is 0.0206. The van der Waals surface area contributed by atoms with Gasteiger partial charge in [0, 0.05) is 19.0 Å². The molecule has 1 aromatic heterocycles. The molecule has 0 atom stereocenters. The molecule has 0 bridgehead atoms. The number of amides is 2. The number of nitrogens with zero attached hydrogens (tertiary/aromatic N) is 1. The molecular formula is C14H14N2O5S2. The Kier molecular flexibility index (Phi) is 5.94. The Morgan fingerprint density at radius 3 is 2.91 bits per heavy atom. The van der Waals surface area contributed by atoms with Crippen molar-refractivity contribution in [1.82, 2.24) is 10.2 Å². The molecule has 2 amide bonds. The maximum atomic E-state index is 12.2. The Labute approximate surface area is 141 Å². The fourth-order valence-electron chi connectivity index (χ4n) is 1.81. The molecule has 2 heterocycles. The predicted molar refractivity (Wildman–Crippen MR) is 88.5 cm³/mol. The molecule has 1 saturated heterocycles. The zero-order chi connectivity index (χ0) is 16.8. The molecule has 2 rings (SSSR count). The second-order valence-corrected chi connectivity index (χ2v) is 6.31. The van der Waals surface area contributed by atoms with Gasteiger partial charge in [-0.25, -0.2) is 0 Å². The van der Waals surface area contributed by atoms with Gasteiger partial charge in [-0.2, -0.15) is 0 Å². The molecule has 2 N–H and O–H groups in total. The second-order valence-electron chi connectivity index (χ2n) is 4.63. The third-order valence-electron chi connectivity index (χ3n) is 2.88. The van der Waals surface area contributed by atoms with Crippen LogP contribution in [0, 0.1) is 0 Å². The van der Waals surface area contributed by atoms with E-state index in [1.165, 1.54) is 11.2 Å². The molecule has 0 saturated carbocycles. The maximum Gasteiger partial charge on any atom is 0.303 e. The molecule has 1 aliphatic rings. The van der Waals surface area contributed by atoms with E-state index < -0.39 is 5.97 Å². The summed E-state index contributed by atoms with van der Waals surface area (Å²) in [6.07, 6.45) is 3.38. The fraction of sp³-hybridized carbons (Fsp3) is 0.286. The van der Waals surface area contributed by atoms with Gasteiger partial charge < -0.3 is 14.8 Å². The zero-order valence-corrected chi connectivity index (χ0v) is 13.6. The molecule has 23 heavy (non-hydrogen) atoms. The molecular weight excluding hydrogens is 340 g/mol. The number of thioether (sulfide) groups is 1. The number of furan rings is 1. The van der Waals surface area contributed by atoms with Crippen LogP contribution in [0.25, 0.3) is 6.08 Å². The molecule has 1 aromatic rings. The lowest BCUT2D eigenvalue weighted by Crippen LogP contribution is -2.39. The number of rotatable bonds is 7.